The molecule has 2 rings (SSSR count). The van der Waals surface area contributed by atoms with Crippen LogP contribution in [-0.4, -0.2) is 38.2 Å². The molecule has 5 heteroatoms. The van der Waals surface area contributed by atoms with Crippen LogP contribution in [0.25, 0.3) is 0 Å². The Morgan fingerprint density at radius 1 is 1.32 bits per heavy atom. The van der Waals surface area contributed by atoms with Gasteiger partial charge in [0.05, 0.1) is 5.75 Å². The van der Waals surface area contributed by atoms with E-state index in [-0.39, 0.29) is 11.8 Å². The van der Waals surface area contributed by atoms with Crippen molar-refractivity contribution in [2.45, 2.75) is 32.9 Å². The fourth-order valence-corrected chi connectivity index (χ4v) is 3.07. The number of fused-ring (bicyclic) bond motifs is 1. The van der Waals surface area contributed by atoms with Gasteiger partial charge in [-0.25, -0.2) is 13.1 Å². The zero-order valence-corrected chi connectivity index (χ0v) is 12.4. The first-order valence-electron chi connectivity index (χ1n) is 6.80. The average Bonchev–Trinajstić information content (AvgIpc) is 2.44. The lowest BCUT2D eigenvalue weighted by atomic mass is 9.99. The molecule has 1 heterocycles. The van der Waals surface area contributed by atoms with Gasteiger partial charge in [-0.05, 0) is 31.4 Å². The molecule has 4 nitrogen and oxygen atoms in total. The van der Waals surface area contributed by atoms with Crippen LogP contribution in [0.2, 0.25) is 0 Å². The zero-order chi connectivity index (χ0) is 13.9. The van der Waals surface area contributed by atoms with E-state index < -0.39 is 10.0 Å². The van der Waals surface area contributed by atoms with E-state index in [1.165, 1.54) is 11.1 Å². The molecule has 0 bridgehead atoms. The van der Waals surface area contributed by atoms with Crippen molar-refractivity contribution in [3.8, 4) is 0 Å². The van der Waals surface area contributed by atoms with E-state index in [4.69, 9.17) is 0 Å². The lowest BCUT2D eigenvalue weighted by Crippen LogP contribution is -2.44. The molecule has 0 amide bonds. The monoisotopic (exact) mass is 282 g/mol. The second-order valence-electron chi connectivity index (χ2n) is 5.09. The summed E-state index contributed by atoms with van der Waals surface area (Å²) in [6.45, 7) is 6.12. The topological polar surface area (TPSA) is 49.4 Å². The van der Waals surface area contributed by atoms with Crippen LogP contribution < -0.4 is 4.72 Å². The first kappa shape index (κ1) is 14.5. The molecule has 1 aromatic rings. The number of nitrogens with zero attached hydrogens (tertiary/aromatic N) is 1. The molecule has 1 atom stereocenters. The molecule has 1 unspecified atom stereocenters. The van der Waals surface area contributed by atoms with Gasteiger partial charge in [0, 0.05) is 25.7 Å². The van der Waals surface area contributed by atoms with Crippen molar-refractivity contribution in [3.05, 3.63) is 35.4 Å². The van der Waals surface area contributed by atoms with Crippen molar-refractivity contribution in [2.75, 3.05) is 18.8 Å². The van der Waals surface area contributed by atoms with Crippen LogP contribution in [0.1, 0.15) is 25.0 Å². The number of hydrogen-bond donors (Lipinski definition) is 1. The summed E-state index contributed by atoms with van der Waals surface area (Å²) >= 11 is 0. The fraction of sp³-hybridized carbons (Fsp3) is 0.571. The Labute approximate surface area is 115 Å². The summed E-state index contributed by atoms with van der Waals surface area (Å²) in [6, 6.07) is 8.69. The second kappa shape index (κ2) is 6.03. The Morgan fingerprint density at radius 2 is 2.00 bits per heavy atom. The van der Waals surface area contributed by atoms with Gasteiger partial charge in [0.1, 0.15) is 0 Å². The predicted molar refractivity (Wildman–Crippen MR) is 77.5 cm³/mol. The first-order chi connectivity index (χ1) is 9.02. The summed E-state index contributed by atoms with van der Waals surface area (Å²) in [5.41, 5.74) is 2.78. The Bertz CT molecular complexity index is 528. The zero-order valence-electron chi connectivity index (χ0n) is 11.6. The normalized spacial score (nSPS) is 18.0. The molecule has 1 aliphatic heterocycles. The molecule has 0 aromatic heterocycles. The van der Waals surface area contributed by atoms with E-state index in [0.29, 0.717) is 6.54 Å². The smallest absolute Gasteiger partial charge is 0.211 e. The van der Waals surface area contributed by atoms with Gasteiger partial charge in [0.25, 0.3) is 0 Å². The van der Waals surface area contributed by atoms with Crippen molar-refractivity contribution in [3.63, 3.8) is 0 Å². The minimum Gasteiger partial charge on any atom is -0.295 e. The molecule has 0 fully saturated rings. The third kappa shape index (κ3) is 3.78. The highest BCUT2D eigenvalue weighted by molar-refractivity contribution is 7.89. The Hall–Kier alpha value is -0.910. The number of sulfonamides is 1. The van der Waals surface area contributed by atoms with Gasteiger partial charge in [-0.15, -0.1) is 0 Å². The van der Waals surface area contributed by atoms with Crippen LogP contribution >= 0.6 is 0 Å². The van der Waals surface area contributed by atoms with Gasteiger partial charge in [-0.2, -0.15) is 0 Å². The van der Waals surface area contributed by atoms with Crippen molar-refractivity contribution < 1.29 is 8.42 Å². The Kier molecular flexibility index (Phi) is 4.60. The second-order valence-corrected chi connectivity index (χ2v) is 7.19. The molecule has 0 saturated heterocycles. The van der Waals surface area contributed by atoms with Crippen LogP contribution in [0.3, 0.4) is 0 Å². The lowest BCUT2D eigenvalue weighted by molar-refractivity contribution is 0.192. The standard InChI is InChI=1S/C14H22N2O2S/c1-3-19(17,18)15-10-12(2)16-9-8-13-6-4-5-7-14(13)11-16/h4-7,12,15H,3,8-11H2,1-2H3. The predicted octanol–water partition coefficient (Wildman–Crippen LogP) is 1.37. The highest BCUT2D eigenvalue weighted by Gasteiger charge is 2.21. The van der Waals surface area contributed by atoms with E-state index >= 15 is 0 Å². The third-order valence-corrected chi connectivity index (χ3v) is 5.13. The molecule has 1 aliphatic rings. The van der Waals surface area contributed by atoms with Crippen molar-refractivity contribution >= 4 is 10.0 Å². The van der Waals surface area contributed by atoms with Gasteiger partial charge in [-0.3, -0.25) is 4.90 Å². The molecule has 1 N–H and O–H groups in total. The Morgan fingerprint density at radius 3 is 2.68 bits per heavy atom. The first-order valence-corrected chi connectivity index (χ1v) is 8.45. The highest BCUT2D eigenvalue weighted by Crippen LogP contribution is 2.19. The van der Waals surface area contributed by atoms with Crippen LogP contribution in [-0.2, 0) is 23.0 Å². The molecular formula is C14H22N2O2S. The number of hydrogen-bond acceptors (Lipinski definition) is 3. The summed E-state index contributed by atoms with van der Waals surface area (Å²) in [4.78, 5) is 2.33. The maximum absolute atomic E-state index is 11.5. The van der Waals surface area contributed by atoms with Crippen molar-refractivity contribution in [1.82, 2.24) is 9.62 Å². The van der Waals surface area contributed by atoms with Crippen LogP contribution in [0.5, 0.6) is 0 Å². The summed E-state index contributed by atoms with van der Waals surface area (Å²) in [7, 11) is -3.09. The van der Waals surface area contributed by atoms with Gasteiger partial charge in [0.15, 0.2) is 0 Å². The van der Waals surface area contributed by atoms with E-state index in [1.807, 2.05) is 0 Å². The maximum Gasteiger partial charge on any atom is 0.211 e. The SMILES string of the molecule is CCS(=O)(=O)NCC(C)N1CCc2ccccc2C1. The van der Waals surface area contributed by atoms with Gasteiger partial charge < -0.3 is 0 Å². The Balaban J connectivity index is 1.94. The molecule has 19 heavy (non-hydrogen) atoms. The van der Waals surface area contributed by atoms with Gasteiger partial charge >= 0.3 is 0 Å². The largest absolute Gasteiger partial charge is 0.295 e. The minimum absolute atomic E-state index is 0.141. The number of nitrogens with one attached hydrogen (secondary N) is 1. The molecule has 1 aromatic carbocycles. The van der Waals surface area contributed by atoms with E-state index in [1.54, 1.807) is 6.92 Å². The minimum atomic E-state index is -3.09. The van der Waals surface area contributed by atoms with Crippen molar-refractivity contribution in [1.29, 1.82) is 0 Å². The van der Waals surface area contributed by atoms with Crippen molar-refractivity contribution in [2.24, 2.45) is 0 Å². The number of rotatable bonds is 5. The van der Waals surface area contributed by atoms with E-state index in [2.05, 4.69) is 40.8 Å². The van der Waals surface area contributed by atoms with Crippen LogP contribution in [0.15, 0.2) is 24.3 Å². The number of benzene rings is 1. The molecule has 0 radical (unpaired) electrons. The van der Waals surface area contributed by atoms with Crippen LogP contribution in [0.4, 0.5) is 0 Å². The van der Waals surface area contributed by atoms with E-state index in [0.717, 1.165) is 19.5 Å². The summed E-state index contributed by atoms with van der Waals surface area (Å²) in [5.74, 6) is 0.141. The molecule has 0 spiro atoms. The van der Waals surface area contributed by atoms with Crippen LogP contribution in [0, 0.1) is 0 Å². The highest BCUT2D eigenvalue weighted by atomic mass is 32.2. The van der Waals surface area contributed by atoms with E-state index in [9.17, 15) is 8.42 Å². The average molecular weight is 282 g/mol. The summed E-state index contributed by atoms with van der Waals surface area (Å²) in [6.07, 6.45) is 1.04. The fourth-order valence-electron chi connectivity index (χ4n) is 2.37. The maximum atomic E-state index is 11.5. The molecule has 0 aliphatic carbocycles. The molecule has 0 saturated carbocycles. The third-order valence-electron chi connectivity index (χ3n) is 3.76. The van der Waals surface area contributed by atoms with Gasteiger partial charge in [-0.1, -0.05) is 24.3 Å². The van der Waals surface area contributed by atoms with Gasteiger partial charge in [0.2, 0.25) is 10.0 Å². The lowest BCUT2D eigenvalue weighted by Gasteiger charge is -2.33. The molecular weight excluding hydrogens is 260 g/mol. The summed E-state index contributed by atoms with van der Waals surface area (Å²) in [5, 5.41) is 0. The summed E-state index contributed by atoms with van der Waals surface area (Å²) < 4.78 is 25.6. The quantitative estimate of drug-likeness (QED) is 0.887. The molecule has 106 valence electrons.